The van der Waals surface area contributed by atoms with Crippen LogP contribution in [0.5, 0.6) is 0 Å². The average molecular weight is 752 g/mol. The number of nitrogens with zero attached hydrogens (tertiary/aromatic N) is 1. The van der Waals surface area contributed by atoms with Crippen molar-refractivity contribution in [2.75, 3.05) is 0 Å². The van der Waals surface area contributed by atoms with Crippen LogP contribution >= 0.6 is 0 Å². The molecule has 0 saturated heterocycles. The number of hydrogen-bond donors (Lipinski definition) is 0. The van der Waals surface area contributed by atoms with Crippen molar-refractivity contribution < 1.29 is 0 Å². The summed E-state index contributed by atoms with van der Waals surface area (Å²) in [7, 11) is 0. The second kappa shape index (κ2) is 13.0. The monoisotopic (exact) mass is 751 g/mol. The third kappa shape index (κ3) is 4.76. The van der Waals surface area contributed by atoms with Crippen molar-refractivity contribution in [3.05, 3.63) is 199 Å². The second-order valence-corrected chi connectivity index (χ2v) is 16.3. The summed E-state index contributed by atoms with van der Waals surface area (Å²) in [6.45, 7) is 4.78. The first-order chi connectivity index (χ1) is 29.2. The Hall–Kier alpha value is -7.09. The van der Waals surface area contributed by atoms with E-state index in [1.807, 2.05) is 12.3 Å². The predicted octanol–water partition coefficient (Wildman–Crippen LogP) is 16.1. The molecule has 0 saturated carbocycles. The lowest BCUT2D eigenvalue weighted by Crippen LogP contribution is -2.23. The Morgan fingerprint density at radius 3 is 1.34 bits per heavy atom. The molecule has 0 spiro atoms. The van der Waals surface area contributed by atoms with Crippen molar-refractivity contribution in [2.45, 2.75) is 32.1 Å². The fourth-order valence-electron chi connectivity index (χ4n) is 11.0. The zero-order valence-electron chi connectivity index (χ0n) is 33.3. The minimum atomic E-state index is -0.0958. The van der Waals surface area contributed by atoms with Crippen molar-refractivity contribution in [1.29, 1.82) is 0 Å². The van der Waals surface area contributed by atoms with Crippen LogP contribution in [-0.4, -0.2) is 4.98 Å². The number of fused-ring (bicyclic) bond motifs is 12. The smallest absolute Gasteiger partial charge is 0.0708 e. The standard InChI is InChI=1S/C58H41N/c1-3-58(4-2)53-33-36(28-29-43(53)52-34-50-41-21-9-5-17-37(41)38-18-6-10-22-42(38)51(50)35-54(52)58)56-45-23-11-13-25-47(45)57(48-26-14-12-24-46(48)56)49-31-30-44(55-27-15-16-32-59-55)39-19-7-8-20-40(39)49/h5-35H,3-4H2,1-2H3. The Morgan fingerprint density at radius 2 is 0.780 bits per heavy atom. The molecular weight excluding hydrogens is 711 g/mol. The molecule has 0 fully saturated rings. The van der Waals surface area contributed by atoms with Gasteiger partial charge in [-0.1, -0.05) is 166 Å². The van der Waals surface area contributed by atoms with E-state index in [0.717, 1.165) is 24.1 Å². The highest BCUT2D eigenvalue weighted by molar-refractivity contribution is 6.27. The molecule has 11 aromatic rings. The zero-order chi connectivity index (χ0) is 39.2. The third-order valence-electron chi connectivity index (χ3n) is 13.8. The molecule has 278 valence electrons. The Labute approximate surface area is 344 Å². The van der Waals surface area contributed by atoms with Gasteiger partial charge >= 0.3 is 0 Å². The molecule has 0 amide bonds. The van der Waals surface area contributed by atoms with Gasteiger partial charge in [-0.3, -0.25) is 4.98 Å². The van der Waals surface area contributed by atoms with Crippen LogP contribution in [-0.2, 0) is 5.41 Å². The Balaban J connectivity index is 1.11. The molecule has 0 N–H and O–H groups in total. The van der Waals surface area contributed by atoms with E-state index < -0.39 is 0 Å². The van der Waals surface area contributed by atoms with Gasteiger partial charge in [-0.15, -0.1) is 0 Å². The van der Waals surface area contributed by atoms with Gasteiger partial charge < -0.3 is 0 Å². The molecule has 1 heteroatoms. The zero-order valence-corrected chi connectivity index (χ0v) is 33.3. The van der Waals surface area contributed by atoms with E-state index in [-0.39, 0.29) is 5.41 Å². The Bertz CT molecular complexity index is 3460. The van der Waals surface area contributed by atoms with E-state index in [4.69, 9.17) is 4.98 Å². The van der Waals surface area contributed by atoms with Gasteiger partial charge in [0.1, 0.15) is 0 Å². The molecule has 0 atom stereocenters. The van der Waals surface area contributed by atoms with Gasteiger partial charge in [-0.2, -0.15) is 0 Å². The van der Waals surface area contributed by atoms with Gasteiger partial charge in [-0.05, 0) is 152 Å². The topological polar surface area (TPSA) is 12.9 Å². The molecule has 0 aliphatic heterocycles. The van der Waals surface area contributed by atoms with E-state index in [9.17, 15) is 0 Å². The summed E-state index contributed by atoms with van der Waals surface area (Å²) >= 11 is 0. The molecule has 12 rings (SSSR count). The minimum absolute atomic E-state index is 0.0958. The lowest BCUT2D eigenvalue weighted by molar-refractivity contribution is 0.491. The third-order valence-corrected chi connectivity index (χ3v) is 13.8. The van der Waals surface area contributed by atoms with Crippen LogP contribution in [0, 0.1) is 0 Å². The van der Waals surface area contributed by atoms with Crippen LogP contribution in [0.4, 0.5) is 0 Å². The number of benzene rings is 10. The molecule has 0 radical (unpaired) electrons. The summed E-state index contributed by atoms with van der Waals surface area (Å²) in [6.07, 6.45) is 3.95. The first kappa shape index (κ1) is 34.0. The molecule has 1 aliphatic rings. The van der Waals surface area contributed by atoms with Gasteiger partial charge in [-0.25, -0.2) is 0 Å². The SMILES string of the molecule is CCC1(CC)c2cc(-c3c4ccccc4c(-c4ccc(-c5ccccn5)c5ccccc45)c4ccccc34)ccc2-c2cc3c4ccccc4c4ccccc4c3cc21. The molecule has 1 aromatic heterocycles. The highest BCUT2D eigenvalue weighted by Gasteiger charge is 2.41. The largest absolute Gasteiger partial charge is 0.256 e. The maximum Gasteiger partial charge on any atom is 0.0708 e. The Kier molecular flexibility index (Phi) is 7.47. The fourth-order valence-corrected chi connectivity index (χ4v) is 11.0. The summed E-state index contributed by atoms with van der Waals surface area (Å²) in [5.74, 6) is 0. The van der Waals surface area contributed by atoms with Crippen LogP contribution < -0.4 is 0 Å². The lowest BCUT2D eigenvalue weighted by atomic mass is 9.72. The molecule has 1 heterocycles. The summed E-state index contributed by atoms with van der Waals surface area (Å²) < 4.78 is 0. The molecule has 1 aliphatic carbocycles. The fraction of sp³-hybridized carbons (Fsp3) is 0.0862. The molecule has 10 aromatic carbocycles. The van der Waals surface area contributed by atoms with Crippen LogP contribution in [0.15, 0.2) is 188 Å². The highest BCUT2D eigenvalue weighted by Crippen LogP contribution is 2.56. The van der Waals surface area contributed by atoms with Gasteiger partial charge in [0.25, 0.3) is 0 Å². The molecule has 0 unspecified atom stereocenters. The van der Waals surface area contributed by atoms with Crippen molar-refractivity contribution in [3.63, 3.8) is 0 Å². The molecule has 1 nitrogen and oxygen atoms in total. The number of rotatable bonds is 5. The van der Waals surface area contributed by atoms with Crippen LogP contribution in [0.25, 0.3) is 109 Å². The first-order valence-electron chi connectivity index (χ1n) is 21.1. The number of pyridine rings is 1. The normalized spacial score (nSPS) is 13.2. The number of hydrogen-bond acceptors (Lipinski definition) is 1. The van der Waals surface area contributed by atoms with Crippen molar-refractivity contribution in [3.8, 4) is 44.6 Å². The van der Waals surface area contributed by atoms with Crippen molar-refractivity contribution >= 4 is 64.6 Å². The first-order valence-corrected chi connectivity index (χ1v) is 21.1. The molecule has 0 bridgehead atoms. The van der Waals surface area contributed by atoms with E-state index >= 15 is 0 Å². The summed E-state index contributed by atoms with van der Waals surface area (Å²) in [6, 6.07) is 68.1. The van der Waals surface area contributed by atoms with E-state index in [1.54, 1.807) is 0 Å². The van der Waals surface area contributed by atoms with Gasteiger partial charge in [0.05, 0.1) is 5.69 Å². The summed E-state index contributed by atoms with van der Waals surface area (Å²) in [5, 5.41) is 15.5. The van der Waals surface area contributed by atoms with E-state index in [0.29, 0.717) is 0 Å². The lowest BCUT2D eigenvalue weighted by Gasteiger charge is -2.30. The van der Waals surface area contributed by atoms with Crippen molar-refractivity contribution in [2.24, 2.45) is 0 Å². The highest BCUT2D eigenvalue weighted by atomic mass is 14.7. The van der Waals surface area contributed by atoms with Crippen LogP contribution in [0.1, 0.15) is 37.8 Å². The molecular formula is C58H41N. The van der Waals surface area contributed by atoms with Gasteiger partial charge in [0, 0.05) is 17.2 Å². The van der Waals surface area contributed by atoms with Crippen molar-refractivity contribution in [1.82, 2.24) is 4.98 Å². The quantitative estimate of drug-likeness (QED) is 0.126. The predicted molar refractivity (Wildman–Crippen MR) is 252 cm³/mol. The van der Waals surface area contributed by atoms with Crippen LogP contribution in [0.2, 0.25) is 0 Å². The van der Waals surface area contributed by atoms with Gasteiger partial charge in [0.15, 0.2) is 0 Å². The molecule has 59 heavy (non-hydrogen) atoms. The second-order valence-electron chi connectivity index (χ2n) is 16.3. The Morgan fingerprint density at radius 1 is 0.339 bits per heavy atom. The average Bonchev–Trinajstić information content (AvgIpc) is 3.58. The summed E-state index contributed by atoms with van der Waals surface area (Å²) in [5.41, 5.74) is 12.8. The maximum absolute atomic E-state index is 4.74. The van der Waals surface area contributed by atoms with E-state index in [1.165, 1.54) is 109 Å². The maximum atomic E-state index is 4.74. The van der Waals surface area contributed by atoms with E-state index in [2.05, 4.69) is 190 Å². The number of aromatic nitrogens is 1. The summed E-state index contributed by atoms with van der Waals surface area (Å²) in [4.78, 5) is 4.74. The van der Waals surface area contributed by atoms with Gasteiger partial charge in [0.2, 0.25) is 0 Å². The van der Waals surface area contributed by atoms with Crippen LogP contribution in [0.3, 0.4) is 0 Å². The minimum Gasteiger partial charge on any atom is -0.256 e.